The highest BCUT2D eigenvalue weighted by molar-refractivity contribution is 7.90. The highest BCUT2D eigenvalue weighted by atomic mass is 32.2. The molecule has 0 fully saturated rings. The molecule has 0 unspecified atom stereocenters. The zero-order valence-electron chi connectivity index (χ0n) is 18.9. The summed E-state index contributed by atoms with van der Waals surface area (Å²) < 4.78 is 38.4. The van der Waals surface area contributed by atoms with Gasteiger partial charge in [0.2, 0.25) is 0 Å². The van der Waals surface area contributed by atoms with Crippen molar-refractivity contribution in [2.45, 2.75) is 30.9 Å². The molecule has 1 aliphatic heterocycles. The topological polar surface area (TPSA) is 99.5 Å². The van der Waals surface area contributed by atoms with Crippen molar-refractivity contribution in [2.24, 2.45) is 7.05 Å². The molecule has 0 bridgehead atoms. The lowest BCUT2D eigenvalue weighted by Crippen LogP contribution is -2.27. The predicted octanol–water partition coefficient (Wildman–Crippen LogP) is 3.14. The number of aromatic nitrogens is 2. The van der Waals surface area contributed by atoms with Crippen molar-refractivity contribution in [3.8, 4) is 22.8 Å². The number of aryl methyl sites for hydroxylation is 1. The number of carbonyl (C=O) groups is 1. The number of amides is 1. The molecule has 0 saturated heterocycles. The van der Waals surface area contributed by atoms with Crippen molar-refractivity contribution < 1.29 is 22.7 Å². The van der Waals surface area contributed by atoms with E-state index in [0.29, 0.717) is 54.5 Å². The Kier molecular flexibility index (Phi) is 6.42. The third kappa shape index (κ3) is 4.45. The van der Waals surface area contributed by atoms with Gasteiger partial charge in [-0.1, -0.05) is 24.3 Å². The minimum Gasteiger partial charge on any atom is -0.490 e. The maximum absolute atomic E-state index is 12.9. The molecule has 1 amide bonds. The van der Waals surface area contributed by atoms with E-state index in [-0.39, 0.29) is 16.3 Å². The standard InChI is InChI=1S/C24H27N3O5S/c1-4-31-19-11-10-16(14-20(19)32-5-2)12-13-25-24(28)22-18-15-33(29,30)21-9-7-6-8-17(21)23(18)27(3)26-22/h6-11,14H,4-5,12-13,15H2,1-3H3,(H,25,28). The van der Waals surface area contributed by atoms with Gasteiger partial charge in [-0.2, -0.15) is 5.10 Å². The number of benzene rings is 2. The van der Waals surface area contributed by atoms with Crippen molar-refractivity contribution in [3.05, 3.63) is 59.3 Å². The molecule has 0 radical (unpaired) electrons. The van der Waals surface area contributed by atoms with Crippen molar-refractivity contribution in [3.63, 3.8) is 0 Å². The van der Waals surface area contributed by atoms with Gasteiger partial charge in [0.15, 0.2) is 27.0 Å². The average molecular weight is 470 g/mol. The van der Waals surface area contributed by atoms with Gasteiger partial charge in [0, 0.05) is 24.7 Å². The molecule has 0 atom stereocenters. The molecule has 33 heavy (non-hydrogen) atoms. The maximum atomic E-state index is 12.9. The summed E-state index contributed by atoms with van der Waals surface area (Å²) in [6, 6.07) is 12.5. The molecule has 9 heteroatoms. The SMILES string of the molecule is CCOc1ccc(CCNC(=O)c2nn(C)c3c2CS(=O)(=O)c2ccccc2-3)cc1OCC. The van der Waals surface area contributed by atoms with E-state index in [1.54, 1.807) is 36.0 Å². The molecule has 1 aliphatic rings. The summed E-state index contributed by atoms with van der Waals surface area (Å²) in [6.45, 7) is 5.27. The zero-order valence-corrected chi connectivity index (χ0v) is 19.7. The van der Waals surface area contributed by atoms with Crippen molar-refractivity contribution in [2.75, 3.05) is 19.8 Å². The van der Waals surface area contributed by atoms with Gasteiger partial charge in [0.1, 0.15) is 0 Å². The molecule has 2 aromatic carbocycles. The van der Waals surface area contributed by atoms with Crippen LogP contribution in [0.1, 0.15) is 35.5 Å². The highest BCUT2D eigenvalue weighted by Gasteiger charge is 2.34. The van der Waals surface area contributed by atoms with Crippen LogP contribution in [0.5, 0.6) is 11.5 Å². The quantitative estimate of drug-likeness (QED) is 0.544. The first kappa shape index (κ1) is 22.8. The van der Waals surface area contributed by atoms with E-state index in [2.05, 4.69) is 10.4 Å². The number of nitrogens with zero attached hydrogens (tertiary/aromatic N) is 2. The van der Waals surface area contributed by atoms with E-state index in [1.165, 1.54) is 0 Å². The zero-order chi connectivity index (χ0) is 23.6. The van der Waals surface area contributed by atoms with E-state index in [1.807, 2.05) is 32.0 Å². The molecule has 2 heterocycles. The number of rotatable bonds is 8. The van der Waals surface area contributed by atoms with Crippen LogP contribution in [0.3, 0.4) is 0 Å². The summed E-state index contributed by atoms with van der Waals surface area (Å²) in [4.78, 5) is 13.2. The maximum Gasteiger partial charge on any atom is 0.272 e. The third-order valence-corrected chi connectivity index (χ3v) is 7.17. The molecular weight excluding hydrogens is 442 g/mol. The largest absolute Gasteiger partial charge is 0.490 e. The molecule has 8 nitrogen and oxygen atoms in total. The number of hydrogen-bond donors (Lipinski definition) is 1. The van der Waals surface area contributed by atoms with Crippen LogP contribution in [0.4, 0.5) is 0 Å². The van der Waals surface area contributed by atoms with E-state index in [4.69, 9.17) is 9.47 Å². The Morgan fingerprint density at radius 2 is 1.82 bits per heavy atom. The summed E-state index contributed by atoms with van der Waals surface area (Å²) in [5.41, 5.74) is 2.81. The summed E-state index contributed by atoms with van der Waals surface area (Å²) in [5.74, 6) is 0.726. The molecule has 0 spiro atoms. The van der Waals surface area contributed by atoms with E-state index < -0.39 is 15.7 Å². The smallest absolute Gasteiger partial charge is 0.272 e. The molecular formula is C24H27N3O5S. The molecule has 4 rings (SSSR count). The Hall–Kier alpha value is -3.33. The fraction of sp³-hybridized carbons (Fsp3) is 0.333. The summed E-state index contributed by atoms with van der Waals surface area (Å²) in [5, 5.41) is 7.23. The van der Waals surface area contributed by atoms with Crippen LogP contribution in [0.2, 0.25) is 0 Å². The van der Waals surface area contributed by atoms with Crippen LogP contribution in [0.25, 0.3) is 11.3 Å². The van der Waals surface area contributed by atoms with Crippen molar-refractivity contribution in [1.29, 1.82) is 0 Å². The molecule has 1 aromatic heterocycles. The van der Waals surface area contributed by atoms with Crippen LogP contribution in [-0.2, 0) is 29.1 Å². The normalized spacial score (nSPS) is 13.7. The fourth-order valence-corrected chi connectivity index (χ4v) is 5.67. The first-order valence-electron chi connectivity index (χ1n) is 10.9. The van der Waals surface area contributed by atoms with Crippen molar-refractivity contribution in [1.82, 2.24) is 15.1 Å². The second-order valence-electron chi connectivity index (χ2n) is 7.71. The Morgan fingerprint density at radius 1 is 1.09 bits per heavy atom. The minimum absolute atomic E-state index is 0.146. The van der Waals surface area contributed by atoms with E-state index in [9.17, 15) is 13.2 Å². The number of sulfone groups is 1. The molecule has 0 saturated carbocycles. The number of fused-ring (bicyclic) bond motifs is 3. The summed E-state index contributed by atoms with van der Waals surface area (Å²) >= 11 is 0. The first-order valence-corrected chi connectivity index (χ1v) is 12.6. The van der Waals surface area contributed by atoms with Gasteiger partial charge in [0.25, 0.3) is 5.91 Å². The number of nitrogens with one attached hydrogen (secondary N) is 1. The summed E-state index contributed by atoms with van der Waals surface area (Å²) in [7, 11) is -1.82. The fourth-order valence-electron chi connectivity index (χ4n) is 4.08. The first-order chi connectivity index (χ1) is 15.9. The van der Waals surface area contributed by atoms with Crippen LogP contribution >= 0.6 is 0 Å². The second kappa shape index (κ2) is 9.27. The second-order valence-corrected chi connectivity index (χ2v) is 9.67. The Balaban J connectivity index is 1.51. The van der Waals surface area contributed by atoms with Gasteiger partial charge in [-0.25, -0.2) is 8.42 Å². The van der Waals surface area contributed by atoms with E-state index >= 15 is 0 Å². The monoisotopic (exact) mass is 469 g/mol. The van der Waals surface area contributed by atoms with Crippen LogP contribution in [0.15, 0.2) is 47.4 Å². The van der Waals surface area contributed by atoms with Gasteiger partial charge >= 0.3 is 0 Å². The predicted molar refractivity (Wildman–Crippen MR) is 124 cm³/mol. The molecule has 174 valence electrons. The lowest BCUT2D eigenvalue weighted by molar-refractivity contribution is 0.0947. The average Bonchev–Trinajstić information content (AvgIpc) is 3.11. The van der Waals surface area contributed by atoms with Crippen LogP contribution in [-0.4, -0.2) is 43.9 Å². The van der Waals surface area contributed by atoms with Crippen molar-refractivity contribution >= 4 is 15.7 Å². The van der Waals surface area contributed by atoms with E-state index in [0.717, 1.165) is 5.56 Å². The molecule has 3 aromatic rings. The van der Waals surface area contributed by atoms with Gasteiger partial charge in [-0.05, 0) is 44.0 Å². The third-order valence-electron chi connectivity index (χ3n) is 5.48. The van der Waals surface area contributed by atoms with Gasteiger partial charge in [-0.15, -0.1) is 0 Å². The Bertz CT molecular complexity index is 1300. The van der Waals surface area contributed by atoms with Crippen LogP contribution < -0.4 is 14.8 Å². The Labute approximate surface area is 193 Å². The van der Waals surface area contributed by atoms with Gasteiger partial charge in [0.05, 0.1) is 29.6 Å². The lowest BCUT2D eigenvalue weighted by Gasteiger charge is -2.18. The van der Waals surface area contributed by atoms with Gasteiger partial charge < -0.3 is 14.8 Å². The highest BCUT2D eigenvalue weighted by Crippen LogP contribution is 2.38. The number of carbonyl (C=O) groups excluding carboxylic acids is 1. The minimum atomic E-state index is -3.54. The number of ether oxygens (including phenoxy) is 2. The number of hydrogen-bond acceptors (Lipinski definition) is 6. The lowest BCUT2D eigenvalue weighted by atomic mass is 10.1. The van der Waals surface area contributed by atoms with Crippen LogP contribution in [0, 0.1) is 0 Å². The van der Waals surface area contributed by atoms with Gasteiger partial charge in [-0.3, -0.25) is 9.48 Å². The summed E-state index contributed by atoms with van der Waals surface area (Å²) in [6.07, 6.45) is 0.578. The Morgan fingerprint density at radius 3 is 2.58 bits per heavy atom. The molecule has 0 aliphatic carbocycles. The molecule has 1 N–H and O–H groups in total.